The third kappa shape index (κ3) is 2.39. The highest BCUT2D eigenvalue weighted by molar-refractivity contribution is 5.91. The van der Waals surface area contributed by atoms with E-state index in [0.29, 0.717) is 17.0 Å². The zero-order valence-electron chi connectivity index (χ0n) is 8.59. The molecule has 0 aliphatic rings. The number of carbonyl (C=O) groups is 1. The van der Waals surface area contributed by atoms with E-state index in [9.17, 15) is 4.79 Å². The molecule has 0 amide bonds. The van der Waals surface area contributed by atoms with Crippen LogP contribution in [0.15, 0.2) is 54.6 Å². The fourth-order valence-electron chi connectivity index (χ4n) is 1.32. The van der Waals surface area contributed by atoms with E-state index in [0.717, 1.165) is 0 Å². The van der Waals surface area contributed by atoms with E-state index in [1.54, 1.807) is 36.4 Å². The first kappa shape index (κ1) is 10.2. The third-order valence-corrected chi connectivity index (χ3v) is 2.08. The van der Waals surface area contributed by atoms with Crippen molar-refractivity contribution in [3.63, 3.8) is 0 Å². The van der Waals surface area contributed by atoms with E-state index in [1.165, 1.54) is 0 Å². The van der Waals surface area contributed by atoms with Crippen LogP contribution in [0.1, 0.15) is 10.4 Å². The Morgan fingerprint density at radius 3 is 2.44 bits per heavy atom. The van der Waals surface area contributed by atoms with Gasteiger partial charge in [0.05, 0.1) is 5.56 Å². The SMILES string of the molecule is Nc1cccc(C(=O)Oc2ccccc2)c1. The van der Waals surface area contributed by atoms with Crippen LogP contribution < -0.4 is 10.5 Å². The summed E-state index contributed by atoms with van der Waals surface area (Å²) in [4.78, 5) is 11.7. The fraction of sp³-hybridized carbons (Fsp3) is 0. The van der Waals surface area contributed by atoms with Gasteiger partial charge in [-0.05, 0) is 30.3 Å². The molecule has 0 unspecified atom stereocenters. The Kier molecular flexibility index (Phi) is 2.87. The first-order chi connectivity index (χ1) is 7.75. The summed E-state index contributed by atoms with van der Waals surface area (Å²) in [7, 11) is 0. The van der Waals surface area contributed by atoms with Crippen molar-refractivity contribution in [2.45, 2.75) is 0 Å². The minimum absolute atomic E-state index is 0.404. The van der Waals surface area contributed by atoms with Crippen LogP contribution in [0.4, 0.5) is 5.69 Å². The van der Waals surface area contributed by atoms with Gasteiger partial charge in [0.1, 0.15) is 5.75 Å². The average Bonchev–Trinajstić information content (AvgIpc) is 2.30. The average molecular weight is 213 g/mol. The lowest BCUT2D eigenvalue weighted by Gasteiger charge is -2.04. The number of benzene rings is 2. The van der Waals surface area contributed by atoms with E-state index in [2.05, 4.69) is 0 Å². The number of ether oxygens (including phenoxy) is 1. The number of nitrogen functional groups attached to an aromatic ring is 1. The van der Waals surface area contributed by atoms with Crippen LogP contribution >= 0.6 is 0 Å². The highest BCUT2D eigenvalue weighted by atomic mass is 16.5. The van der Waals surface area contributed by atoms with Gasteiger partial charge >= 0.3 is 5.97 Å². The van der Waals surface area contributed by atoms with Crippen molar-refractivity contribution in [2.75, 3.05) is 5.73 Å². The van der Waals surface area contributed by atoms with Crippen molar-refractivity contribution in [1.29, 1.82) is 0 Å². The van der Waals surface area contributed by atoms with Gasteiger partial charge in [-0.3, -0.25) is 0 Å². The Labute approximate surface area is 93.5 Å². The highest BCUT2D eigenvalue weighted by Gasteiger charge is 2.07. The largest absolute Gasteiger partial charge is 0.423 e. The summed E-state index contributed by atoms with van der Waals surface area (Å²) in [6.45, 7) is 0. The molecule has 0 bridgehead atoms. The van der Waals surface area contributed by atoms with Crippen LogP contribution in [0.2, 0.25) is 0 Å². The topological polar surface area (TPSA) is 52.3 Å². The molecule has 0 spiro atoms. The lowest BCUT2D eigenvalue weighted by molar-refractivity contribution is 0.0735. The lowest BCUT2D eigenvalue weighted by Crippen LogP contribution is -2.08. The number of anilines is 1. The third-order valence-electron chi connectivity index (χ3n) is 2.08. The number of carbonyl (C=O) groups excluding carboxylic acids is 1. The molecule has 0 saturated heterocycles. The van der Waals surface area contributed by atoms with Gasteiger partial charge in [-0.2, -0.15) is 0 Å². The Bertz CT molecular complexity index is 494. The lowest BCUT2D eigenvalue weighted by atomic mass is 10.2. The Hall–Kier alpha value is -2.29. The van der Waals surface area contributed by atoms with Gasteiger partial charge in [0.15, 0.2) is 0 Å². The molecule has 2 N–H and O–H groups in total. The van der Waals surface area contributed by atoms with Crippen LogP contribution in [-0.2, 0) is 0 Å². The van der Waals surface area contributed by atoms with Gasteiger partial charge in [0.25, 0.3) is 0 Å². The molecular formula is C13H11NO2. The number of rotatable bonds is 2. The van der Waals surface area contributed by atoms with Crippen LogP contribution in [0.5, 0.6) is 5.75 Å². The maximum absolute atomic E-state index is 11.7. The summed E-state index contributed by atoms with van der Waals surface area (Å²) in [5, 5.41) is 0. The van der Waals surface area contributed by atoms with Crippen molar-refractivity contribution < 1.29 is 9.53 Å². The van der Waals surface area contributed by atoms with Crippen LogP contribution in [0.25, 0.3) is 0 Å². The van der Waals surface area contributed by atoms with Gasteiger partial charge < -0.3 is 10.5 Å². The molecule has 0 saturated carbocycles. The van der Waals surface area contributed by atoms with E-state index >= 15 is 0 Å². The van der Waals surface area contributed by atoms with Crippen LogP contribution in [-0.4, -0.2) is 5.97 Å². The number of esters is 1. The van der Waals surface area contributed by atoms with Gasteiger partial charge in [-0.15, -0.1) is 0 Å². The Balaban J connectivity index is 2.15. The molecule has 0 heterocycles. The Morgan fingerprint density at radius 1 is 1.00 bits per heavy atom. The molecule has 3 nitrogen and oxygen atoms in total. The van der Waals surface area contributed by atoms with Crippen molar-refractivity contribution in [3.05, 3.63) is 60.2 Å². The minimum atomic E-state index is -0.404. The molecule has 2 rings (SSSR count). The van der Waals surface area contributed by atoms with Crippen molar-refractivity contribution in [2.24, 2.45) is 0 Å². The highest BCUT2D eigenvalue weighted by Crippen LogP contribution is 2.13. The van der Waals surface area contributed by atoms with Crippen molar-refractivity contribution >= 4 is 11.7 Å². The molecule has 16 heavy (non-hydrogen) atoms. The maximum Gasteiger partial charge on any atom is 0.343 e. The molecule has 2 aromatic rings. The maximum atomic E-state index is 11.7. The van der Waals surface area contributed by atoms with Crippen LogP contribution in [0.3, 0.4) is 0 Å². The number of para-hydroxylation sites is 1. The molecule has 0 aliphatic heterocycles. The molecule has 3 heteroatoms. The summed E-state index contributed by atoms with van der Waals surface area (Å²) in [5.74, 6) is 0.119. The molecular weight excluding hydrogens is 202 g/mol. The van der Waals surface area contributed by atoms with E-state index < -0.39 is 5.97 Å². The summed E-state index contributed by atoms with van der Waals surface area (Å²) >= 11 is 0. The number of hydrogen-bond acceptors (Lipinski definition) is 3. The van der Waals surface area contributed by atoms with Gasteiger partial charge in [-0.25, -0.2) is 4.79 Å². The smallest absolute Gasteiger partial charge is 0.343 e. The van der Waals surface area contributed by atoms with Gasteiger partial charge in [0, 0.05) is 5.69 Å². The summed E-state index contributed by atoms with van der Waals surface area (Å²) < 4.78 is 5.16. The van der Waals surface area contributed by atoms with Crippen molar-refractivity contribution in [1.82, 2.24) is 0 Å². The van der Waals surface area contributed by atoms with E-state index in [1.807, 2.05) is 18.2 Å². The van der Waals surface area contributed by atoms with E-state index in [-0.39, 0.29) is 0 Å². The first-order valence-electron chi connectivity index (χ1n) is 4.88. The normalized spacial score (nSPS) is 9.75. The molecule has 0 fully saturated rings. The molecule has 0 radical (unpaired) electrons. The second kappa shape index (κ2) is 4.49. The summed E-state index contributed by atoms with van der Waals surface area (Å²) in [6.07, 6.45) is 0. The van der Waals surface area contributed by atoms with E-state index in [4.69, 9.17) is 10.5 Å². The van der Waals surface area contributed by atoms with Gasteiger partial charge in [-0.1, -0.05) is 24.3 Å². The fourth-order valence-corrected chi connectivity index (χ4v) is 1.32. The molecule has 0 aromatic heterocycles. The van der Waals surface area contributed by atoms with Gasteiger partial charge in [0.2, 0.25) is 0 Å². The number of hydrogen-bond donors (Lipinski definition) is 1. The molecule has 2 aromatic carbocycles. The molecule has 0 atom stereocenters. The zero-order valence-corrected chi connectivity index (χ0v) is 8.59. The second-order valence-corrected chi connectivity index (χ2v) is 3.33. The second-order valence-electron chi connectivity index (χ2n) is 3.33. The zero-order chi connectivity index (χ0) is 11.4. The standard InChI is InChI=1S/C13H11NO2/c14-11-6-4-5-10(9-11)13(15)16-12-7-2-1-3-8-12/h1-9H,14H2. The quantitative estimate of drug-likeness (QED) is 0.473. The summed E-state index contributed by atoms with van der Waals surface area (Å²) in [6, 6.07) is 15.6. The predicted octanol–water partition coefficient (Wildman–Crippen LogP) is 2.49. The monoisotopic (exact) mass is 213 g/mol. The molecule has 0 aliphatic carbocycles. The Morgan fingerprint density at radius 2 is 1.75 bits per heavy atom. The summed E-state index contributed by atoms with van der Waals surface area (Å²) in [5.41, 5.74) is 6.57. The first-order valence-corrected chi connectivity index (χ1v) is 4.88. The predicted molar refractivity (Wildman–Crippen MR) is 62.3 cm³/mol. The minimum Gasteiger partial charge on any atom is -0.423 e. The number of nitrogens with two attached hydrogens (primary N) is 1. The van der Waals surface area contributed by atoms with Crippen LogP contribution in [0, 0.1) is 0 Å². The molecule has 80 valence electrons. The van der Waals surface area contributed by atoms with Crippen molar-refractivity contribution in [3.8, 4) is 5.75 Å².